The van der Waals surface area contributed by atoms with Gasteiger partial charge in [-0.15, -0.1) is 35.3 Å². The van der Waals surface area contributed by atoms with Crippen molar-refractivity contribution >= 4 is 41.3 Å². The Hall–Kier alpha value is -1.22. The van der Waals surface area contributed by atoms with Gasteiger partial charge in [0, 0.05) is 19.0 Å². The van der Waals surface area contributed by atoms with Crippen molar-refractivity contribution in [2.24, 2.45) is 4.99 Å². The number of nitrogens with one attached hydrogen (secondary N) is 1. The topological polar surface area (TPSA) is 40.5 Å². The Morgan fingerprint density at radius 2 is 2.22 bits per heavy atom. The van der Waals surface area contributed by atoms with Crippen molar-refractivity contribution in [3.05, 3.63) is 51.7 Å². The molecular weight excluding hydrogens is 426 g/mol. The number of nitrogens with zero attached hydrogens (tertiary/aromatic N) is 3. The number of benzene rings is 1. The summed E-state index contributed by atoms with van der Waals surface area (Å²) in [4.78, 5) is 11.1. The highest BCUT2D eigenvalue weighted by atomic mass is 127. The highest BCUT2D eigenvalue weighted by Crippen LogP contribution is 2.10. The van der Waals surface area contributed by atoms with Gasteiger partial charge in [-0.25, -0.2) is 14.4 Å². The molecule has 7 heteroatoms. The third-order valence-electron chi connectivity index (χ3n) is 3.06. The maximum atomic E-state index is 13.2. The molecule has 4 nitrogen and oxygen atoms in total. The molecule has 23 heavy (non-hydrogen) atoms. The molecule has 0 radical (unpaired) electrons. The van der Waals surface area contributed by atoms with Crippen LogP contribution in [0, 0.1) is 12.7 Å². The zero-order valence-electron chi connectivity index (χ0n) is 13.5. The molecule has 1 N–H and O–H groups in total. The predicted octanol–water partition coefficient (Wildman–Crippen LogP) is 3.81. The lowest BCUT2D eigenvalue weighted by atomic mass is 10.2. The van der Waals surface area contributed by atoms with Gasteiger partial charge in [-0.1, -0.05) is 12.1 Å². The number of guanidine groups is 1. The van der Waals surface area contributed by atoms with Crippen molar-refractivity contribution in [3.8, 4) is 0 Å². The Labute approximate surface area is 157 Å². The minimum Gasteiger partial charge on any atom is -0.357 e. The summed E-state index contributed by atoms with van der Waals surface area (Å²) >= 11 is 1.64. The zero-order valence-corrected chi connectivity index (χ0v) is 16.7. The largest absolute Gasteiger partial charge is 0.357 e. The second-order valence-electron chi connectivity index (χ2n) is 5.01. The number of hydrogen-bond donors (Lipinski definition) is 1. The van der Waals surface area contributed by atoms with Gasteiger partial charge in [-0.2, -0.15) is 0 Å². The highest BCUT2D eigenvalue weighted by molar-refractivity contribution is 14.0. The average Bonchev–Trinajstić information content (AvgIpc) is 2.88. The van der Waals surface area contributed by atoms with E-state index in [1.54, 1.807) is 17.4 Å². The number of rotatable bonds is 5. The van der Waals surface area contributed by atoms with Crippen LogP contribution in [0.25, 0.3) is 0 Å². The Morgan fingerprint density at radius 1 is 1.43 bits per heavy atom. The predicted molar refractivity (Wildman–Crippen MR) is 105 cm³/mol. The summed E-state index contributed by atoms with van der Waals surface area (Å²) in [5.74, 6) is 0.557. The van der Waals surface area contributed by atoms with E-state index in [1.165, 1.54) is 12.1 Å². The van der Waals surface area contributed by atoms with Crippen LogP contribution in [0.4, 0.5) is 4.39 Å². The maximum absolute atomic E-state index is 13.2. The molecule has 0 unspecified atom stereocenters. The molecule has 126 valence electrons. The molecule has 2 aromatic rings. The normalized spacial score (nSPS) is 11.0. The first-order valence-corrected chi connectivity index (χ1v) is 8.11. The minimum absolute atomic E-state index is 0. The lowest BCUT2D eigenvalue weighted by molar-refractivity contribution is 0.470. The summed E-state index contributed by atoms with van der Waals surface area (Å²) in [5.41, 5.74) is 1.88. The second kappa shape index (κ2) is 9.82. The van der Waals surface area contributed by atoms with E-state index >= 15 is 0 Å². The van der Waals surface area contributed by atoms with Crippen LogP contribution in [0.5, 0.6) is 0 Å². The van der Waals surface area contributed by atoms with Gasteiger partial charge in [-0.05, 0) is 31.5 Å². The Kier molecular flexibility index (Phi) is 8.46. The van der Waals surface area contributed by atoms with Gasteiger partial charge in [0.05, 0.1) is 23.8 Å². The van der Waals surface area contributed by atoms with E-state index in [2.05, 4.69) is 20.7 Å². The van der Waals surface area contributed by atoms with Crippen LogP contribution >= 0.6 is 35.3 Å². The number of thiazole rings is 1. The maximum Gasteiger partial charge on any atom is 0.194 e. The Bertz CT molecular complexity index is 645. The molecule has 0 atom stereocenters. The molecule has 0 spiro atoms. The zero-order chi connectivity index (χ0) is 15.9. The van der Waals surface area contributed by atoms with Crippen molar-refractivity contribution < 1.29 is 4.39 Å². The average molecular weight is 448 g/mol. The molecule has 1 aromatic carbocycles. The van der Waals surface area contributed by atoms with E-state index < -0.39 is 0 Å². The summed E-state index contributed by atoms with van der Waals surface area (Å²) in [6.45, 7) is 5.94. The molecule has 0 aliphatic rings. The van der Waals surface area contributed by atoms with E-state index in [-0.39, 0.29) is 29.8 Å². The Morgan fingerprint density at radius 3 is 2.83 bits per heavy atom. The van der Waals surface area contributed by atoms with Crippen LogP contribution in [0.1, 0.15) is 23.2 Å². The van der Waals surface area contributed by atoms with Crippen LogP contribution in [0.2, 0.25) is 0 Å². The summed E-state index contributed by atoms with van der Waals surface area (Å²) in [6.07, 6.45) is 0. The van der Waals surface area contributed by atoms with Gasteiger partial charge in [-0.3, -0.25) is 0 Å². The number of hydrogen-bond acceptors (Lipinski definition) is 3. The van der Waals surface area contributed by atoms with Crippen LogP contribution in [-0.2, 0) is 13.1 Å². The smallest absolute Gasteiger partial charge is 0.194 e. The van der Waals surface area contributed by atoms with Crippen molar-refractivity contribution in [3.63, 3.8) is 0 Å². The molecule has 0 amide bonds. The van der Waals surface area contributed by atoms with Crippen molar-refractivity contribution in [2.45, 2.75) is 26.9 Å². The van der Waals surface area contributed by atoms with Crippen LogP contribution in [0.15, 0.2) is 34.6 Å². The van der Waals surface area contributed by atoms with E-state index in [0.717, 1.165) is 28.8 Å². The summed E-state index contributed by atoms with van der Waals surface area (Å²) in [6, 6.07) is 6.53. The SMILES string of the molecule is CCNC(=NCc1cccc(F)c1)N(C)Cc1csc(C)n1.I. The van der Waals surface area contributed by atoms with E-state index in [0.29, 0.717) is 13.1 Å². The summed E-state index contributed by atoms with van der Waals surface area (Å²) in [5, 5.41) is 6.37. The van der Waals surface area contributed by atoms with Crippen LogP contribution in [0.3, 0.4) is 0 Å². The number of halogens is 2. The number of aryl methyl sites for hydroxylation is 1. The second-order valence-corrected chi connectivity index (χ2v) is 6.08. The van der Waals surface area contributed by atoms with Gasteiger partial charge in [0.15, 0.2) is 5.96 Å². The van der Waals surface area contributed by atoms with Gasteiger partial charge in [0.2, 0.25) is 0 Å². The fourth-order valence-corrected chi connectivity index (χ4v) is 2.67. The third kappa shape index (κ3) is 6.42. The minimum atomic E-state index is -0.232. The van der Waals surface area contributed by atoms with E-state index in [4.69, 9.17) is 0 Å². The Balaban J connectivity index is 0.00000264. The first-order valence-electron chi connectivity index (χ1n) is 7.23. The van der Waals surface area contributed by atoms with Crippen molar-refractivity contribution in [2.75, 3.05) is 13.6 Å². The van der Waals surface area contributed by atoms with Crippen LogP contribution in [-0.4, -0.2) is 29.4 Å². The van der Waals surface area contributed by atoms with Gasteiger partial charge >= 0.3 is 0 Å². The molecule has 1 heterocycles. The molecule has 1 aromatic heterocycles. The van der Waals surface area contributed by atoms with Gasteiger partial charge in [0.25, 0.3) is 0 Å². The molecule has 0 saturated heterocycles. The quantitative estimate of drug-likeness (QED) is 0.430. The fourth-order valence-electron chi connectivity index (χ4n) is 2.07. The standard InChI is InChI=1S/C16H21FN4S.HI/c1-4-18-16(19-9-13-6-5-7-14(17)8-13)21(3)10-15-11-22-12(2)20-15;/h5-8,11H,4,9-10H2,1-3H3,(H,18,19);1H. The monoisotopic (exact) mass is 448 g/mol. The molecule has 0 fully saturated rings. The van der Waals surface area contributed by atoms with Crippen molar-refractivity contribution in [1.29, 1.82) is 0 Å². The molecule has 0 bridgehead atoms. The fraction of sp³-hybridized carbons (Fsp3) is 0.375. The first-order chi connectivity index (χ1) is 10.6. The number of aromatic nitrogens is 1. The molecule has 0 saturated carbocycles. The van der Waals surface area contributed by atoms with Gasteiger partial charge in [0.1, 0.15) is 5.82 Å². The summed E-state index contributed by atoms with van der Waals surface area (Å²) < 4.78 is 13.2. The van der Waals surface area contributed by atoms with Crippen molar-refractivity contribution in [1.82, 2.24) is 15.2 Å². The highest BCUT2D eigenvalue weighted by Gasteiger charge is 2.08. The number of aliphatic imine (C=N–C) groups is 1. The third-order valence-corrected chi connectivity index (χ3v) is 3.88. The van der Waals surface area contributed by atoms with E-state index in [9.17, 15) is 4.39 Å². The molecule has 0 aliphatic carbocycles. The first kappa shape index (κ1) is 19.8. The molecular formula is C16H22FIN4S. The molecule has 0 aliphatic heterocycles. The lowest BCUT2D eigenvalue weighted by Crippen LogP contribution is -2.38. The van der Waals surface area contributed by atoms with E-state index in [1.807, 2.05) is 31.9 Å². The molecule has 2 rings (SSSR count). The van der Waals surface area contributed by atoms with Gasteiger partial charge < -0.3 is 10.2 Å². The summed E-state index contributed by atoms with van der Waals surface area (Å²) in [7, 11) is 1.97. The lowest BCUT2D eigenvalue weighted by Gasteiger charge is -2.21. The van der Waals surface area contributed by atoms with Crippen LogP contribution < -0.4 is 5.32 Å².